The highest BCUT2D eigenvalue weighted by atomic mass is 16.5. The Kier molecular flexibility index (Phi) is 4.77. The van der Waals surface area contributed by atoms with Crippen molar-refractivity contribution in [2.75, 3.05) is 43.5 Å². The van der Waals surface area contributed by atoms with Gasteiger partial charge < -0.3 is 20.3 Å². The SMILES string of the molecule is COc1cc2nn(C)cc2cc1NC(=O)c1ccc(N2CCC3(CCNC3)C2)c2cn(C)nc12. The van der Waals surface area contributed by atoms with Crippen molar-refractivity contribution in [2.45, 2.75) is 12.8 Å². The molecule has 0 bridgehead atoms. The minimum atomic E-state index is -0.213. The van der Waals surface area contributed by atoms with Gasteiger partial charge in [-0.25, -0.2) is 0 Å². The summed E-state index contributed by atoms with van der Waals surface area (Å²) in [5.74, 6) is 0.357. The van der Waals surface area contributed by atoms with Gasteiger partial charge in [-0.3, -0.25) is 14.2 Å². The molecule has 1 spiro atoms. The molecule has 0 saturated carbocycles. The fraction of sp³-hybridized carbons (Fsp3) is 0.400. The molecule has 4 heterocycles. The standard InChI is InChI=1S/C25H29N7O2/c1-30-12-16-10-20(22(34-3)11-19(16)28-30)27-24(33)17-4-5-21(18-13-31(2)29-23(17)18)32-9-7-25(15-32)6-8-26-14-25/h4-5,10-13,26H,6-9,14-15H2,1-3H3,(H,27,33). The third-order valence-electron chi connectivity index (χ3n) is 7.31. The number of carbonyl (C=O) groups is 1. The van der Waals surface area contributed by atoms with Crippen LogP contribution in [0.25, 0.3) is 21.8 Å². The number of benzene rings is 2. The second kappa shape index (κ2) is 7.73. The number of anilines is 2. The summed E-state index contributed by atoms with van der Waals surface area (Å²) < 4.78 is 9.06. The minimum absolute atomic E-state index is 0.213. The van der Waals surface area contributed by atoms with Crippen molar-refractivity contribution in [3.8, 4) is 5.75 Å². The third-order valence-corrected chi connectivity index (χ3v) is 7.31. The topological polar surface area (TPSA) is 89.2 Å². The fourth-order valence-electron chi connectivity index (χ4n) is 5.58. The number of nitrogens with zero attached hydrogens (tertiary/aromatic N) is 5. The highest BCUT2D eigenvalue weighted by Gasteiger charge is 2.40. The highest BCUT2D eigenvalue weighted by Crippen LogP contribution is 2.40. The number of rotatable bonds is 4. The first kappa shape index (κ1) is 21.0. The van der Waals surface area contributed by atoms with Crippen LogP contribution in [0.1, 0.15) is 23.2 Å². The molecule has 2 aliphatic heterocycles. The smallest absolute Gasteiger partial charge is 0.258 e. The molecule has 1 unspecified atom stereocenters. The van der Waals surface area contributed by atoms with Crippen LogP contribution in [0.4, 0.5) is 11.4 Å². The normalized spacial score (nSPS) is 20.1. The summed E-state index contributed by atoms with van der Waals surface area (Å²) in [6.07, 6.45) is 6.35. The number of carbonyl (C=O) groups excluding carboxylic acids is 1. The van der Waals surface area contributed by atoms with Crippen molar-refractivity contribution in [3.63, 3.8) is 0 Å². The molecule has 2 saturated heterocycles. The fourth-order valence-corrected chi connectivity index (χ4v) is 5.58. The molecule has 4 aromatic rings. The Morgan fingerprint density at radius 2 is 2.00 bits per heavy atom. The van der Waals surface area contributed by atoms with E-state index in [-0.39, 0.29) is 5.91 Å². The zero-order valence-electron chi connectivity index (χ0n) is 19.8. The van der Waals surface area contributed by atoms with Gasteiger partial charge in [0.15, 0.2) is 0 Å². The van der Waals surface area contributed by atoms with E-state index in [2.05, 4.69) is 31.8 Å². The summed E-state index contributed by atoms with van der Waals surface area (Å²) in [7, 11) is 5.36. The molecule has 176 valence electrons. The number of methoxy groups -OCH3 is 1. The number of ether oxygens (including phenoxy) is 1. The summed E-state index contributed by atoms with van der Waals surface area (Å²) in [6.45, 7) is 4.25. The first-order valence-electron chi connectivity index (χ1n) is 11.7. The zero-order chi connectivity index (χ0) is 23.4. The van der Waals surface area contributed by atoms with Crippen LogP contribution in [0.5, 0.6) is 5.75 Å². The van der Waals surface area contributed by atoms with Crippen molar-refractivity contribution < 1.29 is 9.53 Å². The largest absolute Gasteiger partial charge is 0.494 e. The monoisotopic (exact) mass is 459 g/mol. The van der Waals surface area contributed by atoms with E-state index in [4.69, 9.17) is 4.74 Å². The van der Waals surface area contributed by atoms with Crippen LogP contribution in [-0.4, -0.2) is 58.8 Å². The van der Waals surface area contributed by atoms with Gasteiger partial charge in [0.25, 0.3) is 5.91 Å². The lowest BCUT2D eigenvalue weighted by Crippen LogP contribution is -2.29. The van der Waals surface area contributed by atoms with E-state index in [9.17, 15) is 4.79 Å². The Bertz CT molecular complexity index is 1410. The molecule has 2 aromatic heterocycles. The Balaban J connectivity index is 1.34. The van der Waals surface area contributed by atoms with Crippen molar-refractivity contribution in [3.05, 3.63) is 42.2 Å². The van der Waals surface area contributed by atoms with E-state index >= 15 is 0 Å². The first-order valence-corrected chi connectivity index (χ1v) is 11.7. The Morgan fingerprint density at radius 1 is 1.15 bits per heavy atom. The quantitative estimate of drug-likeness (QED) is 0.488. The van der Waals surface area contributed by atoms with Crippen molar-refractivity contribution in [2.24, 2.45) is 19.5 Å². The molecule has 9 nitrogen and oxygen atoms in total. The lowest BCUT2D eigenvalue weighted by Gasteiger charge is -2.24. The van der Waals surface area contributed by atoms with Gasteiger partial charge in [0, 0.05) is 74.1 Å². The van der Waals surface area contributed by atoms with Crippen LogP contribution in [0.15, 0.2) is 36.7 Å². The van der Waals surface area contributed by atoms with Gasteiger partial charge in [-0.2, -0.15) is 10.2 Å². The Morgan fingerprint density at radius 3 is 2.79 bits per heavy atom. The van der Waals surface area contributed by atoms with Crippen LogP contribution >= 0.6 is 0 Å². The van der Waals surface area contributed by atoms with Gasteiger partial charge in [-0.1, -0.05) is 0 Å². The van der Waals surface area contributed by atoms with E-state index < -0.39 is 0 Å². The molecule has 0 aliphatic carbocycles. The number of fused-ring (bicyclic) bond motifs is 2. The number of nitrogens with one attached hydrogen (secondary N) is 2. The molecule has 2 fully saturated rings. The average Bonchev–Trinajstić information content (AvgIpc) is 3.59. The van der Waals surface area contributed by atoms with Gasteiger partial charge in [0.1, 0.15) is 11.3 Å². The van der Waals surface area contributed by atoms with Crippen LogP contribution in [-0.2, 0) is 14.1 Å². The summed E-state index contributed by atoms with van der Waals surface area (Å²) in [4.78, 5) is 15.9. The zero-order valence-corrected chi connectivity index (χ0v) is 19.8. The van der Waals surface area contributed by atoms with Crippen LogP contribution in [0.2, 0.25) is 0 Å². The number of aromatic nitrogens is 4. The van der Waals surface area contributed by atoms with Crippen molar-refractivity contribution in [1.82, 2.24) is 24.9 Å². The van der Waals surface area contributed by atoms with E-state index in [1.54, 1.807) is 16.5 Å². The van der Waals surface area contributed by atoms with Crippen LogP contribution in [0, 0.1) is 5.41 Å². The molecule has 1 atom stereocenters. The van der Waals surface area contributed by atoms with Crippen LogP contribution < -0.4 is 20.3 Å². The van der Waals surface area contributed by atoms with Gasteiger partial charge in [-0.15, -0.1) is 0 Å². The average molecular weight is 460 g/mol. The molecule has 2 N–H and O–H groups in total. The molecule has 2 aliphatic rings. The summed E-state index contributed by atoms with van der Waals surface area (Å²) in [5.41, 5.74) is 4.20. The summed E-state index contributed by atoms with van der Waals surface area (Å²) in [6, 6.07) is 7.70. The first-order chi connectivity index (χ1) is 16.4. The van der Waals surface area contributed by atoms with Crippen molar-refractivity contribution >= 4 is 39.1 Å². The van der Waals surface area contributed by atoms with Crippen molar-refractivity contribution in [1.29, 1.82) is 0 Å². The Hall–Kier alpha value is -3.59. The number of aryl methyl sites for hydroxylation is 2. The Labute approximate surface area is 197 Å². The second-order valence-electron chi connectivity index (χ2n) is 9.66. The van der Waals surface area contributed by atoms with Gasteiger partial charge in [0.05, 0.1) is 23.9 Å². The maximum Gasteiger partial charge on any atom is 0.258 e. The predicted molar refractivity (Wildman–Crippen MR) is 133 cm³/mol. The lowest BCUT2D eigenvalue weighted by molar-refractivity contribution is 0.102. The summed E-state index contributed by atoms with van der Waals surface area (Å²) in [5, 5.41) is 17.6. The van der Waals surface area contributed by atoms with E-state index in [1.165, 1.54) is 12.8 Å². The molecule has 1 amide bonds. The van der Waals surface area contributed by atoms with Crippen LogP contribution in [0.3, 0.4) is 0 Å². The molecular weight excluding hydrogens is 430 g/mol. The predicted octanol–water partition coefficient (Wildman–Crippen LogP) is 2.91. The van der Waals surface area contributed by atoms with E-state index in [0.29, 0.717) is 27.9 Å². The molecule has 34 heavy (non-hydrogen) atoms. The molecule has 2 aromatic carbocycles. The second-order valence-corrected chi connectivity index (χ2v) is 9.66. The van der Waals surface area contributed by atoms with Gasteiger partial charge >= 0.3 is 0 Å². The number of amides is 1. The maximum absolute atomic E-state index is 13.4. The minimum Gasteiger partial charge on any atom is -0.494 e. The molecular formula is C25H29N7O2. The van der Waals surface area contributed by atoms with E-state index in [1.807, 2.05) is 44.7 Å². The van der Waals surface area contributed by atoms with Gasteiger partial charge in [-0.05, 0) is 37.6 Å². The molecule has 0 radical (unpaired) electrons. The molecule has 9 heteroatoms. The highest BCUT2D eigenvalue weighted by molar-refractivity contribution is 6.14. The number of hydrogen-bond acceptors (Lipinski definition) is 6. The van der Waals surface area contributed by atoms with Gasteiger partial charge in [0.2, 0.25) is 0 Å². The lowest BCUT2D eigenvalue weighted by atomic mass is 9.86. The summed E-state index contributed by atoms with van der Waals surface area (Å²) >= 11 is 0. The molecule has 6 rings (SSSR count). The van der Waals surface area contributed by atoms with E-state index in [0.717, 1.165) is 48.2 Å². The number of hydrogen-bond donors (Lipinski definition) is 2. The third kappa shape index (κ3) is 3.38. The maximum atomic E-state index is 13.4.